The van der Waals surface area contributed by atoms with E-state index >= 15 is 0 Å². The minimum atomic E-state index is -3.56. The van der Waals surface area contributed by atoms with Gasteiger partial charge in [0.1, 0.15) is 10.6 Å². The van der Waals surface area contributed by atoms with E-state index in [-0.39, 0.29) is 16.8 Å². The van der Waals surface area contributed by atoms with Crippen molar-refractivity contribution in [2.75, 3.05) is 13.1 Å². The van der Waals surface area contributed by atoms with Gasteiger partial charge in [-0.2, -0.15) is 4.31 Å². The third-order valence-electron chi connectivity index (χ3n) is 5.46. The molecule has 1 amide bonds. The zero-order valence-electron chi connectivity index (χ0n) is 16.1. The number of nitrogens with zero attached hydrogens (tertiary/aromatic N) is 4. The van der Waals surface area contributed by atoms with Crippen molar-refractivity contribution in [3.8, 4) is 0 Å². The average Bonchev–Trinajstić information content (AvgIpc) is 3.48. The van der Waals surface area contributed by atoms with Gasteiger partial charge in [-0.3, -0.25) is 9.78 Å². The van der Waals surface area contributed by atoms with E-state index in [1.165, 1.54) is 10.4 Å². The van der Waals surface area contributed by atoms with Crippen LogP contribution in [0.15, 0.2) is 41.6 Å². The Hall–Kier alpha value is -2.19. The summed E-state index contributed by atoms with van der Waals surface area (Å²) in [6, 6.07) is 7.39. The lowest BCUT2D eigenvalue weighted by Gasteiger charge is -2.25. The van der Waals surface area contributed by atoms with E-state index in [1.807, 2.05) is 23.1 Å². The number of hydrogen-bond acceptors (Lipinski definition) is 4. The zero-order chi connectivity index (χ0) is 19.7. The van der Waals surface area contributed by atoms with Crippen LogP contribution >= 0.6 is 0 Å². The molecule has 1 saturated heterocycles. The number of aromatic nitrogens is 2. The summed E-state index contributed by atoms with van der Waals surface area (Å²) < 4.78 is 29.1. The number of carbonyl (C=O) groups is 1. The van der Waals surface area contributed by atoms with E-state index in [4.69, 9.17) is 0 Å². The van der Waals surface area contributed by atoms with Crippen LogP contribution in [0.3, 0.4) is 0 Å². The van der Waals surface area contributed by atoms with Crippen molar-refractivity contribution in [1.82, 2.24) is 18.8 Å². The highest BCUT2D eigenvalue weighted by molar-refractivity contribution is 7.89. The molecule has 2 aromatic heterocycles. The number of aryl methyl sites for hydroxylation is 1. The Balaban J connectivity index is 1.59. The molecule has 2 aromatic rings. The summed E-state index contributed by atoms with van der Waals surface area (Å²) in [7, 11) is -1.83. The van der Waals surface area contributed by atoms with E-state index in [0.717, 1.165) is 37.8 Å². The maximum atomic E-state index is 13.2. The monoisotopic (exact) mass is 402 g/mol. The normalized spacial score (nSPS) is 18.2. The van der Waals surface area contributed by atoms with Crippen molar-refractivity contribution < 1.29 is 13.2 Å². The van der Waals surface area contributed by atoms with E-state index < -0.39 is 10.0 Å². The summed E-state index contributed by atoms with van der Waals surface area (Å²) in [6.07, 6.45) is 8.06. The molecular formula is C20H26N4O3S. The van der Waals surface area contributed by atoms with Gasteiger partial charge in [0.05, 0.1) is 12.2 Å². The zero-order valence-corrected chi connectivity index (χ0v) is 16.9. The van der Waals surface area contributed by atoms with Crippen molar-refractivity contribution in [2.45, 2.75) is 49.6 Å². The van der Waals surface area contributed by atoms with Crippen molar-refractivity contribution in [2.24, 2.45) is 7.05 Å². The Bertz CT molecular complexity index is 945. The maximum Gasteiger partial charge on any atom is 0.271 e. The van der Waals surface area contributed by atoms with Crippen LogP contribution in [0, 0.1) is 0 Å². The second-order valence-corrected chi connectivity index (χ2v) is 9.56. The van der Waals surface area contributed by atoms with Crippen LogP contribution in [0.2, 0.25) is 0 Å². The lowest BCUT2D eigenvalue weighted by Crippen LogP contribution is -2.35. The van der Waals surface area contributed by atoms with E-state index in [9.17, 15) is 13.2 Å². The molecule has 0 spiro atoms. The average molecular weight is 403 g/mol. The van der Waals surface area contributed by atoms with E-state index in [0.29, 0.717) is 25.3 Å². The lowest BCUT2D eigenvalue weighted by atomic mass is 10.2. The third kappa shape index (κ3) is 3.84. The summed E-state index contributed by atoms with van der Waals surface area (Å²) in [5, 5.41) is 0. The summed E-state index contributed by atoms with van der Waals surface area (Å²) in [5.74, 6) is -0.143. The van der Waals surface area contributed by atoms with Gasteiger partial charge >= 0.3 is 0 Å². The fourth-order valence-electron chi connectivity index (χ4n) is 3.71. The molecule has 4 rings (SSSR count). The number of pyridine rings is 1. The number of carbonyl (C=O) groups excluding carboxylic acids is 1. The van der Waals surface area contributed by atoms with E-state index in [1.54, 1.807) is 24.0 Å². The Labute approximate surface area is 166 Å². The van der Waals surface area contributed by atoms with Crippen molar-refractivity contribution >= 4 is 15.9 Å². The Kier molecular flexibility index (Phi) is 5.25. The van der Waals surface area contributed by atoms with Gasteiger partial charge in [-0.1, -0.05) is 12.5 Å². The first-order chi connectivity index (χ1) is 13.5. The quantitative estimate of drug-likeness (QED) is 0.744. The first-order valence-electron chi connectivity index (χ1n) is 9.84. The van der Waals surface area contributed by atoms with Crippen LogP contribution in [0.5, 0.6) is 0 Å². The number of sulfonamides is 1. The number of piperidine rings is 1. The largest absolute Gasteiger partial charge is 0.345 e. The van der Waals surface area contributed by atoms with Crippen LogP contribution in [0.1, 0.15) is 48.3 Å². The van der Waals surface area contributed by atoms with Gasteiger partial charge in [0.25, 0.3) is 5.91 Å². The Morgan fingerprint density at radius 2 is 1.96 bits per heavy atom. The predicted molar refractivity (Wildman–Crippen MR) is 105 cm³/mol. The van der Waals surface area contributed by atoms with Gasteiger partial charge in [-0.15, -0.1) is 0 Å². The van der Waals surface area contributed by atoms with Crippen molar-refractivity contribution in [3.05, 3.63) is 48.0 Å². The number of rotatable bonds is 6. The molecule has 28 heavy (non-hydrogen) atoms. The molecular weight excluding hydrogens is 376 g/mol. The summed E-state index contributed by atoms with van der Waals surface area (Å²) in [6.45, 7) is 1.53. The molecule has 1 aliphatic carbocycles. The predicted octanol–water partition coefficient (Wildman–Crippen LogP) is 2.40. The molecule has 0 unspecified atom stereocenters. The molecule has 3 heterocycles. The fourth-order valence-corrected chi connectivity index (χ4v) is 5.30. The molecule has 0 aromatic carbocycles. The summed E-state index contributed by atoms with van der Waals surface area (Å²) in [5.41, 5.74) is 1.23. The first kappa shape index (κ1) is 19.1. The van der Waals surface area contributed by atoms with Crippen LogP contribution in [-0.4, -0.2) is 52.2 Å². The third-order valence-corrected chi connectivity index (χ3v) is 7.32. The Morgan fingerprint density at radius 3 is 2.61 bits per heavy atom. The summed E-state index contributed by atoms with van der Waals surface area (Å²) >= 11 is 0. The topological polar surface area (TPSA) is 75.5 Å². The molecule has 2 fully saturated rings. The van der Waals surface area contributed by atoms with Gasteiger partial charge in [0.15, 0.2) is 0 Å². The van der Waals surface area contributed by atoms with E-state index in [2.05, 4.69) is 4.98 Å². The molecule has 0 bridgehead atoms. The van der Waals surface area contributed by atoms with Gasteiger partial charge < -0.3 is 9.47 Å². The highest BCUT2D eigenvalue weighted by Crippen LogP contribution is 2.30. The molecule has 150 valence electrons. The van der Waals surface area contributed by atoms with Crippen LogP contribution in [0.25, 0.3) is 0 Å². The van der Waals surface area contributed by atoms with Crippen molar-refractivity contribution in [1.29, 1.82) is 0 Å². The molecule has 8 heteroatoms. The summed E-state index contributed by atoms with van der Waals surface area (Å²) in [4.78, 5) is 19.6. The molecule has 1 aliphatic heterocycles. The molecule has 2 aliphatic rings. The fraction of sp³-hybridized carbons (Fsp3) is 0.500. The van der Waals surface area contributed by atoms with Crippen molar-refractivity contribution in [3.63, 3.8) is 0 Å². The lowest BCUT2D eigenvalue weighted by molar-refractivity contribution is 0.0718. The van der Waals surface area contributed by atoms with Gasteiger partial charge in [0.2, 0.25) is 10.0 Å². The molecule has 1 saturated carbocycles. The molecule has 0 radical (unpaired) electrons. The second-order valence-electron chi connectivity index (χ2n) is 7.62. The molecule has 0 atom stereocenters. The van der Waals surface area contributed by atoms with Gasteiger partial charge in [-0.05, 0) is 43.9 Å². The highest BCUT2D eigenvalue weighted by atomic mass is 32.2. The SMILES string of the molecule is Cn1cc(S(=O)(=O)N2CCCCC2)cc1C(=O)N(Cc1ccccn1)C1CC1. The number of hydrogen-bond donors (Lipinski definition) is 0. The van der Waals surface area contributed by atoms with Crippen LogP contribution in [-0.2, 0) is 23.6 Å². The number of amides is 1. The second kappa shape index (κ2) is 7.67. The van der Waals surface area contributed by atoms with Crippen LogP contribution in [0.4, 0.5) is 0 Å². The minimum absolute atomic E-state index is 0.143. The molecule has 0 N–H and O–H groups in total. The van der Waals surface area contributed by atoms with Gasteiger partial charge in [0, 0.05) is 38.6 Å². The van der Waals surface area contributed by atoms with Crippen LogP contribution < -0.4 is 0 Å². The Morgan fingerprint density at radius 1 is 1.21 bits per heavy atom. The maximum absolute atomic E-state index is 13.2. The standard InChI is InChI=1S/C20H26N4O3S/c1-22-15-18(28(26,27)23-11-5-2-6-12-23)13-19(22)20(25)24(17-8-9-17)14-16-7-3-4-10-21-16/h3-4,7,10,13,15,17H,2,5-6,8-9,11-12,14H2,1H3. The molecule has 7 nitrogen and oxygen atoms in total. The first-order valence-corrected chi connectivity index (χ1v) is 11.3. The van der Waals surface area contributed by atoms with Gasteiger partial charge in [-0.25, -0.2) is 8.42 Å². The smallest absolute Gasteiger partial charge is 0.271 e. The minimum Gasteiger partial charge on any atom is -0.345 e. The highest BCUT2D eigenvalue weighted by Gasteiger charge is 2.35.